The van der Waals surface area contributed by atoms with Crippen LogP contribution >= 0.6 is 0 Å². The Kier molecular flexibility index (Phi) is 4.53. The lowest BCUT2D eigenvalue weighted by Gasteiger charge is -2.22. The Bertz CT molecular complexity index is 834. The Balaban J connectivity index is 1.79. The Morgan fingerprint density at radius 3 is 2.44 bits per heavy atom. The Labute approximate surface area is 144 Å². The first-order valence-electron chi connectivity index (χ1n) is 8.06. The van der Waals surface area contributed by atoms with Crippen LogP contribution in [-0.4, -0.2) is 17.9 Å². The monoisotopic (exact) mass is 344 g/mol. The summed E-state index contributed by atoms with van der Waals surface area (Å²) in [5, 5.41) is 2.48. The summed E-state index contributed by atoms with van der Waals surface area (Å²) >= 11 is 0. The molecule has 0 bridgehead atoms. The fourth-order valence-corrected chi connectivity index (χ4v) is 2.99. The van der Waals surface area contributed by atoms with Gasteiger partial charge in [-0.05, 0) is 56.2 Å². The van der Waals surface area contributed by atoms with Crippen LogP contribution in [0.1, 0.15) is 35.7 Å². The molecule has 1 aliphatic heterocycles. The van der Waals surface area contributed by atoms with Crippen molar-refractivity contribution in [2.24, 2.45) is 0 Å². The van der Waals surface area contributed by atoms with Crippen molar-refractivity contribution >= 4 is 23.2 Å². The zero-order valence-electron chi connectivity index (χ0n) is 14.0. The van der Waals surface area contributed by atoms with Crippen LogP contribution in [0, 0.1) is 18.6 Å². The average molecular weight is 344 g/mol. The van der Waals surface area contributed by atoms with E-state index in [1.807, 2.05) is 6.92 Å². The van der Waals surface area contributed by atoms with Gasteiger partial charge in [-0.25, -0.2) is 8.78 Å². The Hall–Kier alpha value is -2.76. The van der Waals surface area contributed by atoms with Gasteiger partial charge in [0, 0.05) is 23.8 Å². The summed E-state index contributed by atoms with van der Waals surface area (Å²) in [6, 6.07) is 9.11. The van der Waals surface area contributed by atoms with Gasteiger partial charge in [0.05, 0.1) is 0 Å². The summed E-state index contributed by atoms with van der Waals surface area (Å²) in [4.78, 5) is 25.8. The molecule has 3 rings (SSSR count). The number of rotatable bonds is 3. The van der Waals surface area contributed by atoms with E-state index in [-0.39, 0.29) is 17.5 Å². The minimum absolute atomic E-state index is 0.0631. The molecular formula is C19H18F2N2O2. The lowest BCUT2D eigenvalue weighted by molar-refractivity contribution is -0.117. The van der Waals surface area contributed by atoms with Gasteiger partial charge in [0.1, 0.15) is 17.2 Å². The lowest BCUT2D eigenvalue weighted by Crippen LogP contribution is -2.30. The number of hydrogen-bond acceptors (Lipinski definition) is 2. The fraction of sp³-hybridized carbons (Fsp3) is 0.263. The number of carbonyl (C=O) groups excluding carboxylic acids is 2. The van der Waals surface area contributed by atoms with Crippen LogP contribution in [0.2, 0.25) is 0 Å². The second kappa shape index (κ2) is 6.63. The molecule has 6 heteroatoms. The van der Waals surface area contributed by atoms with Crippen LogP contribution in [0.15, 0.2) is 36.4 Å². The summed E-state index contributed by atoms with van der Waals surface area (Å²) in [5.74, 6) is -2.57. The van der Waals surface area contributed by atoms with Crippen molar-refractivity contribution in [1.82, 2.24) is 0 Å². The first kappa shape index (κ1) is 17.1. The Morgan fingerprint density at radius 1 is 1.16 bits per heavy atom. The van der Waals surface area contributed by atoms with Gasteiger partial charge in [0.15, 0.2) is 0 Å². The van der Waals surface area contributed by atoms with Crippen molar-refractivity contribution in [3.8, 4) is 0 Å². The molecule has 2 aromatic rings. The van der Waals surface area contributed by atoms with Crippen LogP contribution in [-0.2, 0) is 4.79 Å². The number of nitrogens with one attached hydrogen (secondary N) is 1. The predicted octanol–water partition coefficient (Wildman–Crippen LogP) is 4.04. The SMILES string of the molecule is Cc1ccc(F)c(C(=O)Nc2ccc(N3C(=O)CCC3C)cc2)c1F. The predicted molar refractivity (Wildman–Crippen MR) is 91.7 cm³/mol. The van der Waals surface area contributed by atoms with E-state index < -0.39 is 23.1 Å². The average Bonchev–Trinajstić information content (AvgIpc) is 2.91. The number of carbonyl (C=O) groups is 2. The number of aryl methyl sites for hydroxylation is 1. The van der Waals surface area contributed by atoms with Crippen LogP contribution < -0.4 is 10.2 Å². The molecular weight excluding hydrogens is 326 g/mol. The molecule has 2 amide bonds. The number of benzene rings is 2. The maximum atomic E-state index is 14.0. The summed E-state index contributed by atoms with van der Waals surface area (Å²) in [6.07, 6.45) is 1.33. The summed E-state index contributed by atoms with van der Waals surface area (Å²) in [6.45, 7) is 3.44. The molecule has 1 fully saturated rings. The zero-order chi connectivity index (χ0) is 18.1. The maximum Gasteiger partial charge on any atom is 0.261 e. The van der Waals surface area contributed by atoms with Crippen molar-refractivity contribution in [3.63, 3.8) is 0 Å². The molecule has 1 N–H and O–H groups in total. The smallest absolute Gasteiger partial charge is 0.261 e. The fourth-order valence-electron chi connectivity index (χ4n) is 2.99. The third-order valence-corrected chi connectivity index (χ3v) is 4.40. The van der Waals surface area contributed by atoms with Gasteiger partial charge < -0.3 is 10.2 Å². The summed E-state index contributed by atoms with van der Waals surface area (Å²) < 4.78 is 27.8. The molecule has 2 aromatic carbocycles. The third kappa shape index (κ3) is 3.24. The van der Waals surface area contributed by atoms with Crippen molar-refractivity contribution in [2.45, 2.75) is 32.7 Å². The molecule has 0 aliphatic carbocycles. The van der Waals surface area contributed by atoms with E-state index in [1.165, 1.54) is 13.0 Å². The van der Waals surface area contributed by atoms with E-state index in [2.05, 4.69) is 5.32 Å². The number of halogens is 2. The van der Waals surface area contributed by atoms with Crippen LogP contribution in [0.5, 0.6) is 0 Å². The largest absolute Gasteiger partial charge is 0.322 e. The molecule has 1 heterocycles. The van der Waals surface area contributed by atoms with E-state index in [0.717, 1.165) is 18.2 Å². The minimum Gasteiger partial charge on any atom is -0.322 e. The third-order valence-electron chi connectivity index (χ3n) is 4.40. The highest BCUT2D eigenvalue weighted by molar-refractivity contribution is 6.05. The van der Waals surface area contributed by atoms with Crippen LogP contribution in [0.4, 0.5) is 20.2 Å². The second-order valence-electron chi connectivity index (χ2n) is 6.21. The van der Waals surface area contributed by atoms with Gasteiger partial charge >= 0.3 is 0 Å². The molecule has 0 radical (unpaired) electrons. The highest BCUT2D eigenvalue weighted by atomic mass is 19.1. The normalized spacial score (nSPS) is 17.0. The topological polar surface area (TPSA) is 49.4 Å². The van der Waals surface area contributed by atoms with Crippen LogP contribution in [0.25, 0.3) is 0 Å². The first-order valence-corrected chi connectivity index (χ1v) is 8.06. The highest BCUT2D eigenvalue weighted by Gasteiger charge is 2.28. The van der Waals surface area contributed by atoms with E-state index in [9.17, 15) is 18.4 Å². The zero-order valence-corrected chi connectivity index (χ0v) is 14.0. The lowest BCUT2D eigenvalue weighted by atomic mass is 10.1. The molecule has 1 aliphatic rings. The van der Waals surface area contributed by atoms with Crippen molar-refractivity contribution in [2.75, 3.05) is 10.2 Å². The van der Waals surface area contributed by atoms with E-state index in [1.54, 1.807) is 29.2 Å². The van der Waals surface area contributed by atoms with Crippen molar-refractivity contribution in [3.05, 3.63) is 59.2 Å². The van der Waals surface area contributed by atoms with Crippen molar-refractivity contribution < 1.29 is 18.4 Å². The number of amides is 2. The number of hydrogen-bond donors (Lipinski definition) is 1. The molecule has 0 aromatic heterocycles. The van der Waals surface area contributed by atoms with E-state index >= 15 is 0 Å². The van der Waals surface area contributed by atoms with E-state index in [0.29, 0.717) is 12.1 Å². The first-order chi connectivity index (χ1) is 11.9. The molecule has 0 spiro atoms. The summed E-state index contributed by atoms with van der Waals surface area (Å²) in [7, 11) is 0. The van der Waals surface area contributed by atoms with Crippen LogP contribution in [0.3, 0.4) is 0 Å². The maximum absolute atomic E-state index is 14.0. The summed E-state index contributed by atoms with van der Waals surface area (Å²) in [5.41, 5.74) is 0.727. The quantitative estimate of drug-likeness (QED) is 0.913. The van der Waals surface area contributed by atoms with Gasteiger partial charge in [-0.1, -0.05) is 6.07 Å². The molecule has 25 heavy (non-hydrogen) atoms. The highest BCUT2D eigenvalue weighted by Crippen LogP contribution is 2.27. The molecule has 130 valence electrons. The molecule has 1 unspecified atom stereocenters. The van der Waals surface area contributed by atoms with E-state index in [4.69, 9.17) is 0 Å². The molecule has 1 atom stereocenters. The standard InChI is InChI=1S/C19H18F2N2O2/c1-11-3-9-15(20)17(18(11)21)19(25)22-13-5-7-14(8-6-13)23-12(2)4-10-16(23)24/h3,5-9,12H,4,10H2,1-2H3,(H,22,25). The van der Waals surface area contributed by atoms with Gasteiger partial charge in [-0.15, -0.1) is 0 Å². The Morgan fingerprint density at radius 2 is 1.84 bits per heavy atom. The molecule has 4 nitrogen and oxygen atoms in total. The number of nitrogens with zero attached hydrogens (tertiary/aromatic N) is 1. The second-order valence-corrected chi connectivity index (χ2v) is 6.21. The van der Waals surface area contributed by atoms with Gasteiger partial charge in [0.25, 0.3) is 5.91 Å². The minimum atomic E-state index is -0.909. The van der Waals surface area contributed by atoms with Gasteiger partial charge in [-0.3, -0.25) is 9.59 Å². The van der Waals surface area contributed by atoms with Crippen molar-refractivity contribution in [1.29, 1.82) is 0 Å². The molecule has 0 saturated carbocycles. The number of anilines is 2. The molecule has 1 saturated heterocycles. The van der Waals surface area contributed by atoms with Gasteiger partial charge in [0.2, 0.25) is 5.91 Å². The van der Waals surface area contributed by atoms with Gasteiger partial charge in [-0.2, -0.15) is 0 Å².